The normalized spacial score (nSPS) is 14.1. The van der Waals surface area contributed by atoms with E-state index in [-0.39, 0.29) is 0 Å². The van der Waals surface area contributed by atoms with Gasteiger partial charge in [0, 0.05) is 18.3 Å². The van der Waals surface area contributed by atoms with E-state index in [4.69, 9.17) is 5.26 Å². The molecule has 0 atom stereocenters. The van der Waals surface area contributed by atoms with Crippen molar-refractivity contribution in [1.82, 2.24) is 4.98 Å². The van der Waals surface area contributed by atoms with E-state index in [9.17, 15) is 0 Å². The molecule has 0 saturated carbocycles. The van der Waals surface area contributed by atoms with Gasteiger partial charge >= 0.3 is 0 Å². The van der Waals surface area contributed by atoms with Gasteiger partial charge in [-0.15, -0.1) is 0 Å². The minimum Gasteiger partial charge on any atom is -0.256 e. The summed E-state index contributed by atoms with van der Waals surface area (Å²) in [5.41, 5.74) is 4.65. The lowest BCUT2D eigenvalue weighted by atomic mass is 10.1. The Hall–Kier alpha value is -1.60. The molecule has 0 fully saturated rings. The van der Waals surface area contributed by atoms with Crippen LogP contribution in [0.15, 0.2) is 29.0 Å². The predicted molar refractivity (Wildman–Crippen MR) is 75.9 cm³/mol. The van der Waals surface area contributed by atoms with Crippen molar-refractivity contribution in [2.75, 3.05) is 12.0 Å². The molecular weight excluding hydrogens is 242 g/mol. The van der Waals surface area contributed by atoms with E-state index in [1.54, 1.807) is 6.20 Å². The molecule has 3 nitrogen and oxygen atoms in total. The van der Waals surface area contributed by atoms with Gasteiger partial charge < -0.3 is 0 Å². The molecule has 4 heteroatoms. The number of aryl methyl sites for hydroxylation is 1. The van der Waals surface area contributed by atoms with E-state index in [1.165, 1.54) is 0 Å². The number of pyridine rings is 1. The summed E-state index contributed by atoms with van der Waals surface area (Å²) in [4.78, 5) is 8.93. The zero-order valence-corrected chi connectivity index (χ0v) is 11.4. The topological polar surface area (TPSA) is 49.0 Å². The van der Waals surface area contributed by atoms with Crippen molar-refractivity contribution in [2.45, 2.75) is 19.8 Å². The molecule has 0 saturated heterocycles. The smallest absolute Gasteiger partial charge is 0.101 e. The third kappa shape index (κ3) is 2.80. The molecule has 0 bridgehead atoms. The molecule has 0 N–H and O–H groups in total. The van der Waals surface area contributed by atoms with Crippen LogP contribution in [0.3, 0.4) is 0 Å². The first-order valence-corrected chi connectivity index (χ1v) is 7.26. The molecule has 0 radical (unpaired) electrons. The Morgan fingerprint density at radius 1 is 1.50 bits per heavy atom. The number of allylic oxidation sites excluding steroid dienone is 2. The van der Waals surface area contributed by atoms with E-state index < -0.39 is 0 Å². The van der Waals surface area contributed by atoms with Gasteiger partial charge in [0.15, 0.2) is 0 Å². The van der Waals surface area contributed by atoms with Crippen molar-refractivity contribution in [3.05, 3.63) is 40.9 Å². The Balaban J connectivity index is 2.15. The maximum Gasteiger partial charge on any atom is 0.101 e. The van der Waals surface area contributed by atoms with Crippen LogP contribution in [-0.2, 0) is 0 Å². The molecule has 18 heavy (non-hydrogen) atoms. The molecular formula is C14H15N3S. The molecule has 0 aliphatic carbocycles. The number of nitrogens with zero attached hydrogens (tertiary/aromatic N) is 3. The quantitative estimate of drug-likeness (QED) is 0.832. The van der Waals surface area contributed by atoms with Gasteiger partial charge in [0.05, 0.1) is 17.0 Å². The van der Waals surface area contributed by atoms with Crippen LogP contribution in [0, 0.1) is 18.3 Å². The predicted octanol–water partition coefficient (Wildman–Crippen LogP) is 3.09. The highest BCUT2D eigenvalue weighted by Gasteiger charge is 2.12. The Morgan fingerprint density at radius 2 is 2.33 bits per heavy atom. The number of aromatic nitrogens is 1. The highest BCUT2D eigenvalue weighted by Crippen LogP contribution is 2.20. The molecule has 1 aromatic rings. The minimum atomic E-state index is 0.632. The van der Waals surface area contributed by atoms with Crippen LogP contribution in [0.5, 0.6) is 0 Å². The lowest BCUT2D eigenvalue weighted by Crippen LogP contribution is -2.01. The number of hydrogen-bond acceptors (Lipinski definition) is 4. The van der Waals surface area contributed by atoms with E-state index in [0.29, 0.717) is 5.56 Å². The highest BCUT2D eigenvalue weighted by atomic mass is 32.2. The van der Waals surface area contributed by atoms with Crippen LogP contribution in [0.4, 0.5) is 0 Å². The van der Waals surface area contributed by atoms with E-state index in [1.807, 2.05) is 24.8 Å². The van der Waals surface area contributed by atoms with Gasteiger partial charge in [-0.05, 0) is 37.0 Å². The molecule has 2 rings (SSSR count). The van der Waals surface area contributed by atoms with Gasteiger partial charge in [-0.1, -0.05) is 6.08 Å². The molecule has 92 valence electrons. The van der Waals surface area contributed by atoms with E-state index in [2.05, 4.69) is 28.4 Å². The van der Waals surface area contributed by atoms with Gasteiger partial charge in [-0.25, -0.2) is 0 Å². The molecule has 1 aromatic heterocycles. The summed E-state index contributed by atoms with van der Waals surface area (Å²) in [5, 5.41) is 8.88. The maximum atomic E-state index is 8.88. The summed E-state index contributed by atoms with van der Waals surface area (Å²) >= 11 is 1.83. The second-order valence-electron chi connectivity index (χ2n) is 4.20. The van der Waals surface area contributed by atoms with Gasteiger partial charge in [-0.2, -0.15) is 17.0 Å². The number of thioether (sulfide) groups is 1. The van der Waals surface area contributed by atoms with Crippen molar-refractivity contribution < 1.29 is 0 Å². The average molecular weight is 257 g/mol. The van der Waals surface area contributed by atoms with Crippen LogP contribution in [0.1, 0.15) is 29.7 Å². The van der Waals surface area contributed by atoms with E-state index in [0.717, 1.165) is 41.3 Å². The fraction of sp³-hybridized carbons (Fsp3) is 0.357. The standard InChI is InChI=1S/C14H15N3S/c1-10-7-14(16-9-11(10)8-15)13-4-3-12(17-13)5-6-18-2/h3,7,9H,4-6H2,1-2H3. The second kappa shape index (κ2) is 5.83. The van der Waals surface area contributed by atoms with Crippen molar-refractivity contribution in [2.24, 2.45) is 4.99 Å². The molecule has 0 unspecified atom stereocenters. The summed E-state index contributed by atoms with van der Waals surface area (Å²) in [6, 6.07) is 4.08. The van der Waals surface area contributed by atoms with Crippen LogP contribution in [-0.4, -0.2) is 22.7 Å². The maximum absolute atomic E-state index is 8.88. The van der Waals surface area contributed by atoms with E-state index >= 15 is 0 Å². The van der Waals surface area contributed by atoms with Gasteiger partial charge in [-0.3, -0.25) is 9.98 Å². The van der Waals surface area contributed by atoms with Gasteiger partial charge in [0.2, 0.25) is 0 Å². The Morgan fingerprint density at radius 3 is 3.00 bits per heavy atom. The summed E-state index contributed by atoms with van der Waals surface area (Å²) in [5.74, 6) is 1.10. The highest BCUT2D eigenvalue weighted by molar-refractivity contribution is 7.98. The molecule has 0 amide bonds. The van der Waals surface area contributed by atoms with Crippen LogP contribution >= 0.6 is 11.8 Å². The number of aliphatic imine (C=N–C) groups is 1. The Labute approximate surface area is 112 Å². The lowest BCUT2D eigenvalue weighted by molar-refractivity contribution is 1.09. The Bertz CT molecular complexity index is 553. The fourth-order valence-corrected chi connectivity index (χ4v) is 2.25. The van der Waals surface area contributed by atoms with Crippen molar-refractivity contribution >= 4 is 17.5 Å². The second-order valence-corrected chi connectivity index (χ2v) is 5.18. The van der Waals surface area contributed by atoms with Crippen molar-refractivity contribution in [3.63, 3.8) is 0 Å². The van der Waals surface area contributed by atoms with Crippen LogP contribution in [0.2, 0.25) is 0 Å². The average Bonchev–Trinajstić information content (AvgIpc) is 2.85. The monoisotopic (exact) mass is 257 g/mol. The number of nitriles is 1. The number of rotatable bonds is 4. The zero-order valence-electron chi connectivity index (χ0n) is 10.6. The molecule has 0 spiro atoms. The zero-order chi connectivity index (χ0) is 13.0. The van der Waals surface area contributed by atoms with Crippen molar-refractivity contribution in [1.29, 1.82) is 5.26 Å². The lowest BCUT2D eigenvalue weighted by Gasteiger charge is -2.02. The van der Waals surface area contributed by atoms with Crippen LogP contribution in [0.25, 0.3) is 0 Å². The molecule has 0 aromatic carbocycles. The van der Waals surface area contributed by atoms with Crippen molar-refractivity contribution in [3.8, 4) is 6.07 Å². The SMILES string of the molecule is CSCCC1=CCC(c2cc(C)c(C#N)cn2)=N1. The van der Waals surface area contributed by atoms with Gasteiger partial charge in [0.1, 0.15) is 6.07 Å². The largest absolute Gasteiger partial charge is 0.256 e. The Kier molecular flexibility index (Phi) is 4.16. The molecule has 2 heterocycles. The fourth-order valence-electron chi connectivity index (χ4n) is 1.84. The molecule has 1 aliphatic heterocycles. The minimum absolute atomic E-state index is 0.632. The number of hydrogen-bond donors (Lipinski definition) is 0. The van der Waals surface area contributed by atoms with Crippen LogP contribution < -0.4 is 0 Å². The molecule has 1 aliphatic rings. The first kappa shape index (κ1) is 12.8. The third-order valence-electron chi connectivity index (χ3n) is 2.90. The summed E-state index contributed by atoms with van der Waals surface area (Å²) in [6.45, 7) is 1.93. The van der Waals surface area contributed by atoms with Gasteiger partial charge in [0.25, 0.3) is 0 Å². The summed E-state index contributed by atoms with van der Waals surface area (Å²) in [7, 11) is 0. The first-order chi connectivity index (χ1) is 8.74. The first-order valence-electron chi connectivity index (χ1n) is 5.87. The summed E-state index contributed by atoms with van der Waals surface area (Å²) in [6.07, 6.45) is 7.77. The third-order valence-corrected chi connectivity index (χ3v) is 3.51. The summed E-state index contributed by atoms with van der Waals surface area (Å²) < 4.78 is 0.